The van der Waals surface area contributed by atoms with Gasteiger partial charge in [-0.15, -0.1) is 0 Å². The summed E-state index contributed by atoms with van der Waals surface area (Å²) in [5, 5.41) is 1.12. The molecule has 2 rings (SSSR count). The Kier molecular flexibility index (Phi) is 4.36. The first-order chi connectivity index (χ1) is 8.67. The number of rotatable bonds is 2. The van der Waals surface area contributed by atoms with Crippen LogP contribution < -0.4 is 4.74 Å². The minimum Gasteiger partial charge on any atom is -0.496 e. The third-order valence-corrected chi connectivity index (χ3v) is 3.96. The Morgan fingerprint density at radius 3 is 2.67 bits per heavy atom. The van der Waals surface area contributed by atoms with E-state index in [4.69, 9.17) is 32.7 Å². The predicted molar refractivity (Wildman–Crippen MR) is 74.3 cm³/mol. The molecule has 0 amide bonds. The predicted octanol–water partition coefficient (Wildman–Crippen LogP) is 3.92. The van der Waals surface area contributed by atoms with Crippen LogP contribution in [-0.2, 0) is 4.74 Å². The van der Waals surface area contributed by atoms with E-state index in [1.807, 2.05) is 6.07 Å². The largest absolute Gasteiger partial charge is 0.496 e. The summed E-state index contributed by atoms with van der Waals surface area (Å²) in [6.45, 7) is 0.736. The van der Waals surface area contributed by atoms with Crippen LogP contribution in [0.15, 0.2) is 17.1 Å². The van der Waals surface area contributed by atoms with E-state index in [2.05, 4.69) is 4.99 Å². The Bertz CT molecular complexity index is 474. The number of ether oxygens (including phenoxy) is 2. The number of hydrogen-bond acceptors (Lipinski definition) is 3. The lowest BCUT2D eigenvalue weighted by Crippen LogP contribution is -2.17. The van der Waals surface area contributed by atoms with Gasteiger partial charge in [-0.1, -0.05) is 23.2 Å². The molecule has 0 bridgehead atoms. The molecule has 1 atom stereocenters. The zero-order valence-electron chi connectivity index (χ0n) is 10.4. The van der Waals surface area contributed by atoms with Gasteiger partial charge in [0.2, 0.25) is 0 Å². The van der Waals surface area contributed by atoms with Crippen molar-refractivity contribution in [3.63, 3.8) is 0 Å². The molecule has 1 heterocycles. The van der Waals surface area contributed by atoms with Gasteiger partial charge >= 0.3 is 0 Å². The van der Waals surface area contributed by atoms with Crippen molar-refractivity contribution >= 4 is 29.1 Å². The highest BCUT2D eigenvalue weighted by atomic mass is 35.5. The standard InChI is InChI=1S/C13H15Cl2NO2/c1-17-10-4-3-9(14)13(15)12(10)8-5-6-16-11(7-8)18-2/h3-4,8H,5-7H2,1-2H3. The second-order valence-electron chi connectivity index (χ2n) is 4.15. The van der Waals surface area contributed by atoms with Crippen molar-refractivity contribution in [2.24, 2.45) is 4.99 Å². The molecule has 0 radical (unpaired) electrons. The highest BCUT2D eigenvalue weighted by Gasteiger charge is 2.25. The van der Waals surface area contributed by atoms with E-state index in [0.29, 0.717) is 10.0 Å². The molecule has 0 spiro atoms. The molecule has 18 heavy (non-hydrogen) atoms. The van der Waals surface area contributed by atoms with E-state index in [9.17, 15) is 0 Å². The van der Waals surface area contributed by atoms with Crippen molar-refractivity contribution in [3.8, 4) is 5.75 Å². The molecule has 1 aliphatic rings. The summed E-state index contributed by atoms with van der Waals surface area (Å²) in [5.74, 6) is 1.76. The van der Waals surface area contributed by atoms with Crippen molar-refractivity contribution < 1.29 is 9.47 Å². The lowest BCUT2D eigenvalue weighted by molar-refractivity contribution is 0.365. The first-order valence-corrected chi connectivity index (χ1v) is 6.52. The Morgan fingerprint density at radius 2 is 2.00 bits per heavy atom. The summed E-state index contributed by atoms with van der Waals surface area (Å²) in [6.07, 6.45) is 1.65. The minimum atomic E-state index is 0.235. The number of methoxy groups -OCH3 is 2. The highest BCUT2D eigenvalue weighted by Crippen LogP contribution is 2.41. The van der Waals surface area contributed by atoms with Crippen molar-refractivity contribution in [2.75, 3.05) is 20.8 Å². The average molecular weight is 288 g/mol. The van der Waals surface area contributed by atoms with E-state index in [-0.39, 0.29) is 5.92 Å². The first kappa shape index (κ1) is 13.5. The topological polar surface area (TPSA) is 30.8 Å². The average Bonchev–Trinajstić information content (AvgIpc) is 2.41. The zero-order chi connectivity index (χ0) is 13.1. The fraction of sp³-hybridized carbons (Fsp3) is 0.462. The molecule has 3 nitrogen and oxygen atoms in total. The van der Waals surface area contributed by atoms with Crippen molar-refractivity contribution in [1.29, 1.82) is 0 Å². The van der Waals surface area contributed by atoms with Crippen LogP contribution in [0.4, 0.5) is 0 Å². The monoisotopic (exact) mass is 287 g/mol. The van der Waals surface area contributed by atoms with Crippen LogP contribution in [0.3, 0.4) is 0 Å². The van der Waals surface area contributed by atoms with Crippen molar-refractivity contribution in [3.05, 3.63) is 27.7 Å². The molecule has 1 aliphatic heterocycles. The zero-order valence-corrected chi connectivity index (χ0v) is 11.9. The van der Waals surface area contributed by atoms with E-state index in [0.717, 1.165) is 36.6 Å². The maximum Gasteiger partial charge on any atom is 0.183 e. The molecule has 5 heteroatoms. The van der Waals surface area contributed by atoms with E-state index < -0.39 is 0 Å². The van der Waals surface area contributed by atoms with Gasteiger partial charge in [-0.3, -0.25) is 4.99 Å². The second kappa shape index (κ2) is 5.81. The number of hydrogen-bond donors (Lipinski definition) is 0. The number of aliphatic imine (C=N–C) groups is 1. The second-order valence-corrected chi connectivity index (χ2v) is 4.93. The third kappa shape index (κ3) is 2.57. The molecule has 1 unspecified atom stereocenters. The van der Waals surface area contributed by atoms with Crippen LogP contribution in [0.25, 0.3) is 0 Å². The molecule has 0 saturated carbocycles. The molecular formula is C13H15Cl2NO2. The number of halogens is 2. The molecule has 0 saturated heterocycles. The van der Waals surface area contributed by atoms with Gasteiger partial charge in [-0.05, 0) is 24.5 Å². The van der Waals surface area contributed by atoms with Gasteiger partial charge < -0.3 is 9.47 Å². The number of nitrogens with zero attached hydrogens (tertiary/aromatic N) is 1. The van der Waals surface area contributed by atoms with Crippen LogP contribution >= 0.6 is 23.2 Å². The molecule has 0 aliphatic carbocycles. The first-order valence-electron chi connectivity index (χ1n) is 5.76. The van der Waals surface area contributed by atoms with Gasteiger partial charge in [0, 0.05) is 18.5 Å². The maximum atomic E-state index is 6.31. The molecular weight excluding hydrogens is 273 g/mol. The molecule has 1 aromatic carbocycles. The fourth-order valence-electron chi connectivity index (χ4n) is 2.22. The van der Waals surface area contributed by atoms with Crippen molar-refractivity contribution in [2.45, 2.75) is 18.8 Å². The quantitative estimate of drug-likeness (QED) is 0.825. The number of benzene rings is 1. The van der Waals surface area contributed by atoms with Gasteiger partial charge in [0.15, 0.2) is 5.90 Å². The maximum absolute atomic E-state index is 6.31. The van der Waals surface area contributed by atoms with Gasteiger partial charge in [-0.25, -0.2) is 0 Å². The van der Waals surface area contributed by atoms with Gasteiger partial charge in [0.1, 0.15) is 5.75 Å². The highest BCUT2D eigenvalue weighted by molar-refractivity contribution is 6.42. The normalized spacial score (nSPS) is 19.3. The smallest absolute Gasteiger partial charge is 0.183 e. The molecule has 1 aromatic rings. The third-order valence-electron chi connectivity index (χ3n) is 3.14. The van der Waals surface area contributed by atoms with Gasteiger partial charge in [0.25, 0.3) is 0 Å². The summed E-state index contributed by atoms with van der Waals surface area (Å²) in [4.78, 5) is 4.31. The summed E-state index contributed by atoms with van der Waals surface area (Å²) < 4.78 is 10.6. The van der Waals surface area contributed by atoms with Crippen LogP contribution in [0, 0.1) is 0 Å². The molecule has 0 aromatic heterocycles. The van der Waals surface area contributed by atoms with Crippen LogP contribution in [-0.4, -0.2) is 26.7 Å². The summed E-state index contributed by atoms with van der Waals surface area (Å²) in [5.41, 5.74) is 0.955. The van der Waals surface area contributed by atoms with E-state index in [1.165, 1.54) is 0 Å². The van der Waals surface area contributed by atoms with Gasteiger partial charge in [0.05, 0.1) is 24.3 Å². The van der Waals surface area contributed by atoms with Gasteiger partial charge in [-0.2, -0.15) is 0 Å². The Labute approximate surface area is 117 Å². The van der Waals surface area contributed by atoms with E-state index in [1.54, 1.807) is 20.3 Å². The SMILES string of the molecule is COC1=NCCC(c2c(OC)ccc(Cl)c2Cl)C1. The lowest BCUT2D eigenvalue weighted by atomic mass is 9.90. The van der Waals surface area contributed by atoms with E-state index >= 15 is 0 Å². The van der Waals surface area contributed by atoms with Crippen LogP contribution in [0.2, 0.25) is 10.0 Å². The fourth-order valence-corrected chi connectivity index (χ4v) is 2.70. The molecule has 98 valence electrons. The lowest BCUT2D eigenvalue weighted by Gasteiger charge is -2.24. The van der Waals surface area contributed by atoms with Crippen molar-refractivity contribution in [1.82, 2.24) is 0 Å². The Hall–Kier alpha value is -0.930. The summed E-state index contributed by atoms with van der Waals surface area (Å²) in [7, 11) is 3.27. The van der Waals surface area contributed by atoms with Crippen LogP contribution in [0.5, 0.6) is 5.75 Å². The Morgan fingerprint density at radius 1 is 1.22 bits per heavy atom. The summed E-state index contributed by atoms with van der Waals surface area (Å²) in [6, 6.07) is 3.60. The minimum absolute atomic E-state index is 0.235. The van der Waals surface area contributed by atoms with Crippen LogP contribution in [0.1, 0.15) is 24.3 Å². The molecule has 0 fully saturated rings. The summed E-state index contributed by atoms with van der Waals surface area (Å²) >= 11 is 12.4. The molecule has 0 N–H and O–H groups in total. The Balaban J connectivity index is 2.38.